The van der Waals surface area contributed by atoms with Crippen molar-refractivity contribution in [1.82, 2.24) is 19.0 Å². The molecule has 1 N–H and O–H groups in total. The lowest BCUT2D eigenvalue weighted by molar-refractivity contribution is -0.137. The number of carboxylic acid groups (broad SMARTS) is 1. The molecule has 0 aromatic carbocycles. The van der Waals surface area contributed by atoms with Gasteiger partial charge in [0, 0.05) is 20.6 Å². The maximum atomic E-state index is 12.5. The van der Waals surface area contributed by atoms with Crippen molar-refractivity contribution in [3.8, 4) is 0 Å². The second-order valence-corrected chi connectivity index (χ2v) is 5.39. The summed E-state index contributed by atoms with van der Waals surface area (Å²) in [6.45, 7) is 1.64. The van der Waals surface area contributed by atoms with E-state index < -0.39 is 29.7 Å². The van der Waals surface area contributed by atoms with E-state index in [0.717, 1.165) is 9.47 Å². The van der Waals surface area contributed by atoms with Gasteiger partial charge in [-0.25, -0.2) is 9.78 Å². The van der Waals surface area contributed by atoms with Crippen molar-refractivity contribution in [2.24, 2.45) is 14.1 Å². The molecule has 9 heteroatoms. The summed E-state index contributed by atoms with van der Waals surface area (Å²) < 4.78 is 2.13. The lowest BCUT2D eigenvalue weighted by Gasteiger charge is -2.19. The Labute approximate surface area is 136 Å². The van der Waals surface area contributed by atoms with Crippen LogP contribution in [0.15, 0.2) is 21.7 Å². The van der Waals surface area contributed by atoms with Gasteiger partial charge < -0.3 is 10.0 Å². The van der Waals surface area contributed by atoms with Crippen molar-refractivity contribution in [2.45, 2.75) is 13.3 Å². The van der Waals surface area contributed by atoms with Crippen molar-refractivity contribution >= 4 is 22.9 Å². The van der Waals surface area contributed by atoms with Crippen LogP contribution in [0, 0.1) is 0 Å². The van der Waals surface area contributed by atoms with Gasteiger partial charge in [0.2, 0.25) is 0 Å². The van der Waals surface area contributed by atoms with E-state index in [2.05, 4.69) is 4.98 Å². The molecule has 2 aromatic rings. The quantitative estimate of drug-likeness (QED) is 0.793. The summed E-state index contributed by atoms with van der Waals surface area (Å²) in [5.41, 5.74) is -0.989. The second-order valence-electron chi connectivity index (χ2n) is 5.39. The lowest BCUT2D eigenvalue weighted by Crippen LogP contribution is -2.38. The molecule has 2 aromatic heterocycles. The van der Waals surface area contributed by atoms with Crippen LogP contribution in [0.4, 0.5) is 0 Å². The zero-order valence-electron chi connectivity index (χ0n) is 13.6. The molecule has 0 saturated carbocycles. The zero-order valence-corrected chi connectivity index (χ0v) is 13.6. The molecule has 24 heavy (non-hydrogen) atoms. The van der Waals surface area contributed by atoms with Crippen LogP contribution in [0.1, 0.15) is 23.8 Å². The Bertz CT molecular complexity index is 928. The number of carbonyl (C=O) groups excluding carboxylic acids is 1. The molecule has 0 radical (unpaired) electrons. The zero-order chi connectivity index (χ0) is 18.0. The second kappa shape index (κ2) is 6.65. The summed E-state index contributed by atoms with van der Waals surface area (Å²) in [5.74, 6) is -1.69. The Morgan fingerprint density at radius 2 is 1.88 bits per heavy atom. The van der Waals surface area contributed by atoms with E-state index >= 15 is 0 Å². The van der Waals surface area contributed by atoms with Crippen LogP contribution in [0.5, 0.6) is 0 Å². The third-order valence-corrected chi connectivity index (χ3v) is 3.63. The number of aromatic nitrogens is 3. The highest BCUT2D eigenvalue weighted by molar-refractivity contribution is 5.95. The number of aliphatic carboxylic acids is 1. The predicted molar refractivity (Wildman–Crippen MR) is 86.1 cm³/mol. The molecule has 0 unspecified atom stereocenters. The number of nitrogens with zero attached hydrogens (tertiary/aromatic N) is 4. The van der Waals surface area contributed by atoms with E-state index in [-0.39, 0.29) is 23.3 Å². The van der Waals surface area contributed by atoms with Gasteiger partial charge in [0.15, 0.2) is 0 Å². The topological polar surface area (TPSA) is 115 Å². The molecule has 0 spiro atoms. The maximum absolute atomic E-state index is 12.5. The molecular formula is C15H18N4O5. The van der Waals surface area contributed by atoms with E-state index in [1.165, 1.54) is 30.8 Å². The number of rotatable bonds is 5. The molecule has 2 rings (SSSR count). The highest BCUT2D eigenvalue weighted by Gasteiger charge is 2.20. The number of hydrogen-bond donors (Lipinski definition) is 1. The van der Waals surface area contributed by atoms with E-state index in [9.17, 15) is 19.2 Å². The Morgan fingerprint density at radius 1 is 1.21 bits per heavy atom. The Balaban J connectivity index is 2.58. The minimum atomic E-state index is -1.13. The first-order valence-electron chi connectivity index (χ1n) is 7.35. The highest BCUT2D eigenvalue weighted by atomic mass is 16.4. The Hall–Kier alpha value is -2.97. The number of hydrogen-bond acceptors (Lipinski definition) is 5. The smallest absolute Gasteiger partial charge is 0.332 e. The molecule has 1 amide bonds. The van der Waals surface area contributed by atoms with Gasteiger partial charge in [-0.3, -0.25) is 23.5 Å². The molecule has 128 valence electrons. The minimum absolute atomic E-state index is 0.0135. The van der Waals surface area contributed by atoms with Crippen molar-refractivity contribution < 1.29 is 14.7 Å². The van der Waals surface area contributed by atoms with Crippen LogP contribution in [-0.2, 0) is 18.9 Å². The fourth-order valence-corrected chi connectivity index (χ4v) is 2.42. The average molecular weight is 334 g/mol. The normalized spacial score (nSPS) is 10.8. The molecule has 0 bridgehead atoms. The first-order chi connectivity index (χ1) is 11.3. The lowest BCUT2D eigenvalue weighted by atomic mass is 10.2. The molecule has 0 fully saturated rings. The van der Waals surface area contributed by atoms with Crippen molar-refractivity contribution in [3.63, 3.8) is 0 Å². The monoisotopic (exact) mass is 334 g/mol. The van der Waals surface area contributed by atoms with Gasteiger partial charge in [0.05, 0.1) is 5.39 Å². The molecule has 0 aliphatic rings. The van der Waals surface area contributed by atoms with Gasteiger partial charge >= 0.3 is 11.7 Å². The largest absolute Gasteiger partial charge is 0.480 e. The SMILES string of the molecule is CCCN(CC(=O)O)C(=O)c1ccc2c(=O)n(C)c(=O)n(C)c2n1. The molecule has 0 aliphatic heterocycles. The Kier molecular flexibility index (Phi) is 4.82. The third kappa shape index (κ3) is 3.05. The fraction of sp³-hybridized carbons (Fsp3) is 0.400. The Morgan fingerprint density at radius 3 is 2.46 bits per heavy atom. The summed E-state index contributed by atoms with van der Waals surface area (Å²) in [5, 5.41) is 9.13. The summed E-state index contributed by atoms with van der Waals surface area (Å²) in [6.07, 6.45) is 0.589. The predicted octanol–water partition coefficient (Wildman–Crippen LogP) is -0.431. The first-order valence-corrected chi connectivity index (χ1v) is 7.35. The van der Waals surface area contributed by atoms with Crippen LogP contribution in [0.3, 0.4) is 0 Å². The molecular weight excluding hydrogens is 316 g/mol. The number of amides is 1. The van der Waals surface area contributed by atoms with E-state index in [0.29, 0.717) is 6.42 Å². The van der Waals surface area contributed by atoms with E-state index in [1.807, 2.05) is 6.92 Å². The van der Waals surface area contributed by atoms with Crippen molar-refractivity contribution in [3.05, 3.63) is 38.7 Å². The summed E-state index contributed by atoms with van der Waals surface area (Å²) in [6, 6.07) is 2.78. The number of aryl methyl sites for hydroxylation is 1. The van der Waals surface area contributed by atoms with Crippen molar-refractivity contribution in [2.75, 3.05) is 13.1 Å². The van der Waals surface area contributed by atoms with Crippen molar-refractivity contribution in [1.29, 1.82) is 0 Å². The molecule has 0 aliphatic carbocycles. The molecule has 2 heterocycles. The van der Waals surface area contributed by atoms with Crippen LogP contribution < -0.4 is 11.2 Å². The van der Waals surface area contributed by atoms with Gasteiger partial charge in [0.1, 0.15) is 17.9 Å². The molecule has 0 atom stereocenters. The average Bonchev–Trinajstić information content (AvgIpc) is 2.56. The van der Waals surface area contributed by atoms with Crippen LogP contribution in [-0.4, -0.2) is 49.1 Å². The summed E-state index contributed by atoms with van der Waals surface area (Å²) in [7, 11) is 2.81. The van der Waals surface area contributed by atoms with E-state index in [4.69, 9.17) is 5.11 Å². The third-order valence-electron chi connectivity index (χ3n) is 3.63. The fourth-order valence-electron chi connectivity index (χ4n) is 2.42. The van der Waals surface area contributed by atoms with Gasteiger partial charge in [0.25, 0.3) is 11.5 Å². The minimum Gasteiger partial charge on any atom is -0.480 e. The standard InChI is InChI=1S/C15H18N4O5/c1-4-7-19(8-11(20)21)14(23)10-6-5-9-12(16-10)17(2)15(24)18(3)13(9)22/h5-6H,4,7-8H2,1-3H3,(H,20,21). The first kappa shape index (κ1) is 17.4. The van der Waals surface area contributed by atoms with E-state index in [1.54, 1.807) is 0 Å². The van der Waals surface area contributed by atoms with Gasteiger partial charge in [-0.15, -0.1) is 0 Å². The highest BCUT2D eigenvalue weighted by Crippen LogP contribution is 2.09. The number of fused-ring (bicyclic) bond motifs is 1. The maximum Gasteiger partial charge on any atom is 0.332 e. The van der Waals surface area contributed by atoms with Gasteiger partial charge in [-0.1, -0.05) is 6.92 Å². The summed E-state index contributed by atoms with van der Waals surface area (Å²) in [4.78, 5) is 52.8. The van der Waals surface area contributed by atoms with Gasteiger partial charge in [-0.2, -0.15) is 0 Å². The number of carbonyl (C=O) groups is 2. The van der Waals surface area contributed by atoms with Crippen LogP contribution in [0.25, 0.3) is 11.0 Å². The molecule has 9 nitrogen and oxygen atoms in total. The molecule has 0 saturated heterocycles. The van der Waals surface area contributed by atoms with Crippen LogP contribution >= 0.6 is 0 Å². The number of carboxylic acids is 1. The number of pyridine rings is 1. The summed E-state index contributed by atoms with van der Waals surface area (Å²) >= 11 is 0. The van der Waals surface area contributed by atoms with Gasteiger partial charge in [-0.05, 0) is 18.6 Å². The van der Waals surface area contributed by atoms with Crippen LogP contribution in [0.2, 0.25) is 0 Å².